The number of allylic oxidation sites excluding steroid dienone is 6. The predicted molar refractivity (Wildman–Crippen MR) is 253 cm³/mol. The molecule has 0 rings (SSSR count). The number of nitrogens with zero attached hydrogens (tertiary/aromatic N) is 2. The summed E-state index contributed by atoms with van der Waals surface area (Å²) in [7, 11) is 0. The number of rotatable bonds is 43. The average molecular weight is 798 g/mol. The first kappa shape index (κ1) is 55.1. The Bertz CT molecular complexity index is 955. The van der Waals surface area contributed by atoms with Gasteiger partial charge in [0.15, 0.2) is 0 Å². The van der Waals surface area contributed by atoms with Crippen molar-refractivity contribution in [2.45, 2.75) is 247 Å². The highest BCUT2D eigenvalue weighted by Crippen LogP contribution is 2.24. The zero-order valence-corrected chi connectivity index (χ0v) is 39.3. The van der Waals surface area contributed by atoms with Gasteiger partial charge in [0.1, 0.15) is 6.04 Å². The van der Waals surface area contributed by atoms with Gasteiger partial charge in [-0.25, -0.2) is 0 Å². The minimum absolute atomic E-state index is 0.0898. The first-order valence-electron chi connectivity index (χ1n) is 25.2. The molecule has 0 heterocycles. The molecule has 0 radical (unpaired) electrons. The molecule has 0 saturated heterocycles. The molecule has 0 spiro atoms. The SMILES string of the molecule is CC/C=C\C/C=C\C/C=C\CCCCCCCC(=O)N(CCCN(CC)CC)C(C(=O)NCCCCCCCCCCCCCCCCCC)C(CC)CCCC. The second-order valence-electron chi connectivity index (χ2n) is 16.9. The number of hydrogen-bond acceptors (Lipinski definition) is 3. The number of amides is 2. The first-order chi connectivity index (χ1) is 28.0. The van der Waals surface area contributed by atoms with E-state index in [1.807, 2.05) is 4.90 Å². The number of carbonyl (C=O) groups is 2. The Hall–Kier alpha value is -1.88. The van der Waals surface area contributed by atoms with E-state index in [0.717, 1.165) is 103 Å². The zero-order chi connectivity index (χ0) is 41.9. The van der Waals surface area contributed by atoms with E-state index in [4.69, 9.17) is 0 Å². The summed E-state index contributed by atoms with van der Waals surface area (Å²) in [5.41, 5.74) is 0. The van der Waals surface area contributed by atoms with Crippen LogP contribution >= 0.6 is 0 Å². The van der Waals surface area contributed by atoms with E-state index in [2.05, 4.69) is 88.2 Å². The lowest BCUT2D eigenvalue weighted by molar-refractivity contribution is -0.143. The maximum atomic E-state index is 14.1. The molecule has 5 heteroatoms. The summed E-state index contributed by atoms with van der Waals surface area (Å²) in [6.07, 6.45) is 50.6. The van der Waals surface area contributed by atoms with Crippen molar-refractivity contribution < 1.29 is 9.59 Å². The number of unbranched alkanes of at least 4 members (excludes halogenated alkanes) is 21. The van der Waals surface area contributed by atoms with Crippen molar-refractivity contribution in [2.75, 3.05) is 32.7 Å². The van der Waals surface area contributed by atoms with Gasteiger partial charge >= 0.3 is 0 Å². The quantitative estimate of drug-likeness (QED) is 0.0494. The van der Waals surface area contributed by atoms with Crippen LogP contribution in [0.2, 0.25) is 0 Å². The van der Waals surface area contributed by atoms with Crippen LogP contribution in [-0.4, -0.2) is 60.4 Å². The van der Waals surface area contributed by atoms with Crippen molar-refractivity contribution in [1.82, 2.24) is 15.1 Å². The molecule has 0 bridgehead atoms. The van der Waals surface area contributed by atoms with Crippen LogP contribution < -0.4 is 5.32 Å². The standard InChI is InChI=1S/C52H99N3O2/c1-7-13-16-18-20-22-24-26-28-30-32-34-36-38-40-42-46-53-52(57)51(49(10-4)44-15-9-3)55(48-43-47-54(11-5)12-6)50(56)45-41-39-37-35-33-31-29-27-25-23-21-19-17-14-8-2/h14,17,21,23,27,29,49,51H,7-13,15-16,18-20,22,24-26,28,30-48H2,1-6H3,(H,53,57)/b17-14-,23-21-,29-27-. The van der Waals surface area contributed by atoms with Crippen LogP contribution in [0.3, 0.4) is 0 Å². The molecular weight excluding hydrogens is 699 g/mol. The Morgan fingerprint density at radius 3 is 1.53 bits per heavy atom. The Labute approximate surface area is 357 Å². The van der Waals surface area contributed by atoms with Crippen LogP contribution in [0, 0.1) is 5.92 Å². The molecule has 0 fully saturated rings. The molecule has 0 aromatic heterocycles. The molecule has 2 atom stereocenters. The van der Waals surface area contributed by atoms with Crippen molar-refractivity contribution in [3.05, 3.63) is 36.5 Å². The number of carbonyl (C=O) groups excluding carboxylic acids is 2. The summed E-state index contributed by atoms with van der Waals surface area (Å²) in [5.74, 6) is 0.481. The van der Waals surface area contributed by atoms with Crippen molar-refractivity contribution in [3.63, 3.8) is 0 Å². The monoisotopic (exact) mass is 798 g/mol. The van der Waals surface area contributed by atoms with Gasteiger partial charge in [0.05, 0.1) is 0 Å². The molecule has 2 unspecified atom stereocenters. The summed E-state index contributed by atoms with van der Waals surface area (Å²) in [4.78, 5) is 32.7. The van der Waals surface area contributed by atoms with E-state index in [-0.39, 0.29) is 23.8 Å². The fourth-order valence-corrected chi connectivity index (χ4v) is 8.11. The highest BCUT2D eigenvalue weighted by Gasteiger charge is 2.35. The highest BCUT2D eigenvalue weighted by molar-refractivity contribution is 5.88. The lowest BCUT2D eigenvalue weighted by atomic mass is 9.89. The van der Waals surface area contributed by atoms with Crippen LogP contribution in [0.4, 0.5) is 0 Å². The van der Waals surface area contributed by atoms with Gasteiger partial charge in [0.25, 0.3) is 0 Å². The van der Waals surface area contributed by atoms with Crippen LogP contribution in [-0.2, 0) is 9.59 Å². The minimum atomic E-state index is -0.360. The van der Waals surface area contributed by atoms with Gasteiger partial charge in [-0.2, -0.15) is 0 Å². The van der Waals surface area contributed by atoms with Crippen LogP contribution in [0.15, 0.2) is 36.5 Å². The summed E-state index contributed by atoms with van der Waals surface area (Å²) in [6.45, 7) is 17.7. The molecule has 334 valence electrons. The van der Waals surface area contributed by atoms with Gasteiger partial charge < -0.3 is 15.1 Å². The van der Waals surface area contributed by atoms with Gasteiger partial charge in [0, 0.05) is 19.5 Å². The third kappa shape index (κ3) is 33.6. The Balaban J connectivity index is 4.90. The molecular formula is C52H99N3O2. The van der Waals surface area contributed by atoms with Gasteiger partial charge in [-0.3, -0.25) is 9.59 Å². The highest BCUT2D eigenvalue weighted by atomic mass is 16.2. The summed E-state index contributed by atoms with van der Waals surface area (Å²) in [6, 6.07) is -0.360. The van der Waals surface area contributed by atoms with E-state index in [9.17, 15) is 9.59 Å². The van der Waals surface area contributed by atoms with Crippen molar-refractivity contribution >= 4 is 11.8 Å². The van der Waals surface area contributed by atoms with E-state index in [1.54, 1.807) is 0 Å². The van der Waals surface area contributed by atoms with E-state index in [0.29, 0.717) is 13.0 Å². The molecule has 0 aliphatic rings. The summed E-state index contributed by atoms with van der Waals surface area (Å²) >= 11 is 0. The molecule has 57 heavy (non-hydrogen) atoms. The number of hydrogen-bond donors (Lipinski definition) is 1. The lowest BCUT2D eigenvalue weighted by Crippen LogP contribution is -2.54. The third-order valence-corrected chi connectivity index (χ3v) is 12.0. The summed E-state index contributed by atoms with van der Waals surface area (Å²) < 4.78 is 0. The Morgan fingerprint density at radius 1 is 0.509 bits per heavy atom. The first-order valence-corrected chi connectivity index (χ1v) is 25.2. The maximum absolute atomic E-state index is 14.1. The fourth-order valence-electron chi connectivity index (χ4n) is 8.11. The Morgan fingerprint density at radius 2 is 1.00 bits per heavy atom. The van der Waals surface area contributed by atoms with E-state index in [1.165, 1.54) is 116 Å². The van der Waals surface area contributed by atoms with E-state index >= 15 is 0 Å². The second-order valence-corrected chi connectivity index (χ2v) is 16.9. The van der Waals surface area contributed by atoms with Crippen molar-refractivity contribution in [2.24, 2.45) is 5.92 Å². The second kappa shape index (κ2) is 43.7. The normalized spacial score (nSPS) is 13.1. The summed E-state index contributed by atoms with van der Waals surface area (Å²) in [5, 5.41) is 3.35. The molecule has 0 aromatic rings. The Kier molecular flexibility index (Phi) is 42.3. The number of nitrogens with one attached hydrogen (secondary N) is 1. The molecule has 2 amide bonds. The van der Waals surface area contributed by atoms with E-state index < -0.39 is 0 Å². The van der Waals surface area contributed by atoms with Gasteiger partial charge in [-0.1, -0.05) is 213 Å². The van der Waals surface area contributed by atoms with Crippen LogP contribution in [0.5, 0.6) is 0 Å². The molecule has 0 aromatic carbocycles. The molecule has 0 aliphatic carbocycles. The topological polar surface area (TPSA) is 52.7 Å². The van der Waals surface area contributed by atoms with Crippen molar-refractivity contribution in [3.8, 4) is 0 Å². The van der Waals surface area contributed by atoms with Crippen molar-refractivity contribution in [1.29, 1.82) is 0 Å². The van der Waals surface area contributed by atoms with Crippen LogP contribution in [0.25, 0.3) is 0 Å². The third-order valence-electron chi connectivity index (χ3n) is 12.0. The zero-order valence-electron chi connectivity index (χ0n) is 39.3. The van der Waals surface area contributed by atoms with Gasteiger partial charge in [-0.05, 0) is 83.3 Å². The molecule has 5 nitrogen and oxygen atoms in total. The molecule has 1 N–H and O–H groups in total. The average Bonchev–Trinajstić information content (AvgIpc) is 3.22. The predicted octanol–water partition coefficient (Wildman–Crippen LogP) is 15.1. The molecule has 0 aliphatic heterocycles. The molecule has 0 saturated carbocycles. The fraction of sp³-hybridized carbons (Fsp3) is 0.846. The van der Waals surface area contributed by atoms with Gasteiger partial charge in [-0.15, -0.1) is 0 Å². The smallest absolute Gasteiger partial charge is 0.243 e. The van der Waals surface area contributed by atoms with Gasteiger partial charge in [0.2, 0.25) is 11.8 Å². The largest absolute Gasteiger partial charge is 0.354 e. The maximum Gasteiger partial charge on any atom is 0.243 e. The van der Waals surface area contributed by atoms with Crippen LogP contribution in [0.1, 0.15) is 241 Å². The lowest BCUT2D eigenvalue weighted by Gasteiger charge is -2.37. The minimum Gasteiger partial charge on any atom is -0.354 e.